The van der Waals surface area contributed by atoms with Crippen molar-refractivity contribution in [3.63, 3.8) is 0 Å². The fourth-order valence-corrected chi connectivity index (χ4v) is 4.12. The lowest BCUT2D eigenvalue weighted by Crippen LogP contribution is -2.42. The molecule has 1 aromatic rings. The Bertz CT molecular complexity index is 527. The van der Waals surface area contributed by atoms with Gasteiger partial charge in [-0.05, 0) is 30.9 Å². The Morgan fingerprint density at radius 2 is 1.88 bits per heavy atom. The van der Waals surface area contributed by atoms with Gasteiger partial charge in [0, 0.05) is 51.2 Å². The first kappa shape index (κ1) is 20.9. The van der Waals surface area contributed by atoms with Gasteiger partial charge in [-0.2, -0.15) is 0 Å². The van der Waals surface area contributed by atoms with Crippen LogP contribution in [0, 0.1) is 5.92 Å². The van der Waals surface area contributed by atoms with Gasteiger partial charge in [0.2, 0.25) is 0 Å². The standard InChI is InChI=1S/C20H33N3O2S/c1-18(24)26-17-16-23(15-10-19-8-3-2-4-9-19)20(25)21-11-7-14-22-12-5-6-13-22/h5-6,12-13,19H,2-4,7-11,14-17H2,1H3,(H,21,25). The monoisotopic (exact) mass is 379 g/mol. The molecule has 0 saturated heterocycles. The summed E-state index contributed by atoms with van der Waals surface area (Å²) in [5.74, 6) is 1.44. The summed E-state index contributed by atoms with van der Waals surface area (Å²) in [6.07, 6.45) is 12.7. The van der Waals surface area contributed by atoms with Crippen molar-refractivity contribution in [3.8, 4) is 0 Å². The molecular weight excluding hydrogens is 346 g/mol. The first-order valence-corrected chi connectivity index (χ1v) is 10.9. The lowest BCUT2D eigenvalue weighted by molar-refractivity contribution is -0.109. The van der Waals surface area contributed by atoms with Crippen molar-refractivity contribution >= 4 is 22.9 Å². The molecule has 1 aliphatic carbocycles. The van der Waals surface area contributed by atoms with Crippen molar-refractivity contribution in [1.82, 2.24) is 14.8 Å². The summed E-state index contributed by atoms with van der Waals surface area (Å²) in [6, 6.07) is 4.04. The summed E-state index contributed by atoms with van der Waals surface area (Å²) in [5.41, 5.74) is 0. The Hall–Kier alpha value is -1.43. The number of aromatic nitrogens is 1. The average Bonchev–Trinajstić information content (AvgIpc) is 3.15. The molecule has 1 N–H and O–H groups in total. The molecule has 2 rings (SSSR count). The number of rotatable bonds is 10. The molecule has 0 radical (unpaired) electrons. The second-order valence-corrected chi connectivity index (χ2v) is 8.40. The van der Waals surface area contributed by atoms with Gasteiger partial charge in [0.15, 0.2) is 5.12 Å². The van der Waals surface area contributed by atoms with Gasteiger partial charge in [0.1, 0.15) is 0 Å². The highest BCUT2D eigenvalue weighted by Gasteiger charge is 2.18. The Labute approximate surface area is 161 Å². The van der Waals surface area contributed by atoms with Crippen molar-refractivity contribution in [2.45, 2.75) is 58.4 Å². The first-order chi connectivity index (χ1) is 12.6. The average molecular weight is 380 g/mol. The summed E-state index contributed by atoms with van der Waals surface area (Å²) in [7, 11) is 0. The van der Waals surface area contributed by atoms with Crippen LogP contribution in [0.25, 0.3) is 0 Å². The second-order valence-electron chi connectivity index (χ2n) is 7.13. The van der Waals surface area contributed by atoms with Crippen molar-refractivity contribution in [3.05, 3.63) is 24.5 Å². The topological polar surface area (TPSA) is 54.3 Å². The predicted octanol–water partition coefficient (Wildman–Crippen LogP) is 4.14. The molecule has 0 unspecified atom stereocenters. The third kappa shape index (κ3) is 8.30. The Morgan fingerprint density at radius 1 is 1.15 bits per heavy atom. The molecule has 6 heteroatoms. The molecule has 1 aliphatic rings. The van der Waals surface area contributed by atoms with E-state index in [4.69, 9.17) is 0 Å². The van der Waals surface area contributed by atoms with Crippen LogP contribution in [0.4, 0.5) is 4.79 Å². The van der Waals surface area contributed by atoms with Crippen molar-refractivity contribution in [1.29, 1.82) is 0 Å². The molecule has 1 saturated carbocycles. The van der Waals surface area contributed by atoms with Gasteiger partial charge in [-0.25, -0.2) is 4.79 Å². The smallest absolute Gasteiger partial charge is 0.317 e. The van der Waals surface area contributed by atoms with Gasteiger partial charge in [-0.15, -0.1) is 0 Å². The van der Waals surface area contributed by atoms with E-state index < -0.39 is 0 Å². The van der Waals surface area contributed by atoms with E-state index in [1.807, 2.05) is 29.4 Å². The third-order valence-electron chi connectivity index (χ3n) is 5.02. The fourth-order valence-electron chi connectivity index (χ4n) is 3.52. The van der Waals surface area contributed by atoms with Crippen LogP contribution < -0.4 is 5.32 Å². The Balaban J connectivity index is 1.72. The number of carbonyl (C=O) groups is 2. The number of hydrogen-bond donors (Lipinski definition) is 1. The minimum absolute atomic E-state index is 0.0115. The molecule has 0 aliphatic heterocycles. The van der Waals surface area contributed by atoms with E-state index in [-0.39, 0.29) is 11.1 Å². The minimum Gasteiger partial charge on any atom is -0.354 e. The fraction of sp³-hybridized carbons (Fsp3) is 0.700. The number of nitrogens with one attached hydrogen (secondary N) is 1. The first-order valence-electron chi connectivity index (χ1n) is 9.92. The van der Waals surface area contributed by atoms with E-state index in [0.29, 0.717) is 18.8 Å². The Morgan fingerprint density at radius 3 is 2.58 bits per heavy atom. The van der Waals surface area contributed by atoms with Crippen LogP contribution in [0.1, 0.15) is 51.9 Å². The number of nitrogens with zero attached hydrogens (tertiary/aromatic N) is 2. The lowest BCUT2D eigenvalue weighted by Gasteiger charge is -2.27. The highest BCUT2D eigenvalue weighted by molar-refractivity contribution is 8.13. The molecule has 2 amide bonds. The third-order valence-corrected chi connectivity index (χ3v) is 5.81. The second kappa shape index (κ2) is 12.0. The van der Waals surface area contributed by atoms with Gasteiger partial charge < -0.3 is 14.8 Å². The highest BCUT2D eigenvalue weighted by atomic mass is 32.2. The van der Waals surface area contributed by atoms with Crippen LogP contribution >= 0.6 is 11.8 Å². The SMILES string of the molecule is CC(=O)SCCN(CCC1CCCCC1)C(=O)NCCCn1cccc1. The van der Waals surface area contributed by atoms with Crippen LogP contribution in [0.15, 0.2) is 24.5 Å². The number of urea groups is 1. The normalized spacial score (nSPS) is 15.0. The molecule has 1 fully saturated rings. The summed E-state index contributed by atoms with van der Waals surface area (Å²) < 4.78 is 2.12. The number of thioether (sulfide) groups is 1. The summed E-state index contributed by atoms with van der Waals surface area (Å²) >= 11 is 1.30. The molecule has 0 spiro atoms. The largest absolute Gasteiger partial charge is 0.354 e. The molecule has 5 nitrogen and oxygen atoms in total. The maximum Gasteiger partial charge on any atom is 0.317 e. The van der Waals surface area contributed by atoms with Crippen LogP contribution in [0.5, 0.6) is 0 Å². The molecule has 1 heterocycles. The maximum atomic E-state index is 12.6. The minimum atomic E-state index is 0.0115. The Kier molecular flexibility index (Phi) is 9.67. The number of carbonyl (C=O) groups excluding carboxylic acids is 2. The van der Waals surface area contributed by atoms with Crippen molar-refractivity contribution < 1.29 is 9.59 Å². The van der Waals surface area contributed by atoms with Gasteiger partial charge >= 0.3 is 6.03 Å². The van der Waals surface area contributed by atoms with Gasteiger partial charge in [-0.1, -0.05) is 43.9 Å². The zero-order valence-electron chi connectivity index (χ0n) is 16.0. The van der Waals surface area contributed by atoms with Crippen LogP contribution in [-0.4, -0.2) is 46.0 Å². The van der Waals surface area contributed by atoms with E-state index in [1.54, 1.807) is 6.92 Å². The van der Waals surface area contributed by atoms with E-state index in [0.717, 1.165) is 31.8 Å². The van der Waals surface area contributed by atoms with Crippen LogP contribution in [-0.2, 0) is 11.3 Å². The van der Waals surface area contributed by atoms with Gasteiger partial charge in [-0.3, -0.25) is 4.79 Å². The highest BCUT2D eigenvalue weighted by Crippen LogP contribution is 2.26. The van der Waals surface area contributed by atoms with E-state index in [9.17, 15) is 9.59 Å². The van der Waals surface area contributed by atoms with Gasteiger partial charge in [0.25, 0.3) is 0 Å². The summed E-state index contributed by atoms with van der Waals surface area (Å²) in [5, 5.41) is 3.17. The number of amides is 2. The number of hydrogen-bond acceptors (Lipinski definition) is 3. The molecule has 0 atom stereocenters. The predicted molar refractivity (Wildman–Crippen MR) is 108 cm³/mol. The van der Waals surface area contributed by atoms with Crippen LogP contribution in [0.2, 0.25) is 0 Å². The molecule has 1 aromatic heterocycles. The maximum absolute atomic E-state index is 12.6. The summed E-state index contributed by atoms with van der Waals surface area (Å²) in [6.45, 7) is 4.61. The molecule has 26 heavy (non-hydrogen) atoms. The zero-order chi connectivity index (χ0) is 18.6. The molecule has 146 valence electrons. The molecule has 0 aromatic carbocycles. The number of aryl methyl sites for hydroxylation is 1. The van der Waals surface area contributed by atoms with E-state index in [1.165, 1.54) is 43.9 Å². The van der Waals surface area contributed by atoms with E-state index in [2.05, 4.69) is 9.88 Å². The summed E-state index contributed by atoms with van der Waals surface area (Å²) in [4.78, 5) is 25.6. The van der Waals surface area contributed by atoms with Crippen molar-refractivity contribution in [2.24, 2.45) is 5.92 Å². The molecular formula is C20H33N3O2S. The lowest BCUT2D eigenvalue weighted by atomic mass is 9.87. The molecule has 0 bridgehead atoms. The zero-order valence-corrected chi connectivity index (χ0v) is 16.8. The van der Waals surface area contributed by atoms with Crippen molar-refractivity contribution in [2.75, 3.05) is 25.4 Å². The van der Waals surface area contributed by atoms with Gasteiger partial charge in [0.05, 0.1) is 0 Å². The quantitative estimate of drug-likeness (QED) is 0.622. The van der Waals surface area contributed by atoms with E-state index >= 15 is 0 Å². The van der Waals surface area contributed by atoms with Crippen LogP contribution in [0.3, 0.4) is 0 Å².